The Hall–Kier alpha value is -3.51. The van der Waals surface area contributed by atoms with Crippen molar-refractivity contribution in [3.8, 4) is 0 Å². The van der Waals surface area contributed by atoms with Gasteiger partial charge < -0.3 is 38.3 Å². The van der Waals surface area contributed by atoms with E-state index >= 15 is 0 Å². The summed E-state index contributed by atoms with van der Waals surface area (Å²) in [5, 5.41) is 16.8. The minimum Gasteiger partial charge on any atom is -0.480 e. The van der Waals surface area contributed by atoms with Crippen LogP contribution in [0.15, 0.2) is 30.3 Å². The number of rotatable bonds is 16. The molecule has 4 atom stereocenters. The number of aliphatic carboxylic acids is 1. The number of nitrogens with two attached hydrogens (primary N) is 3. The number of primary amides is 1. The SMILES string of the molecule is CC(C)C(NC(=O)C(Cc1ccccc1)NC(=O)C(N)CCCCN)C(=O)NC(CC(N)=O)C(=O)O. The number of nitrogens with one attached hydrogen (secondary N) is 3. The summed E-state index contributed by atoms with van der Waals surface area (Å²) in [6, 6.07) is 4.42. The van der Waals surface area contributed by atoms with E-state index in [4.69, 9.17) is 17.2 Å². The first kappa shape index (κ1) is 30.5. The van der Waals surface area contributed by atoms with Gasteiger partial charge in [-0.25, -0.2) is 4.79 Å². The molecule has 0 saturated carbocycles. The molecule has 12 nitrogen and oxygen atoms in total. The zero-order valence-electron chi connectivity index (χ0n) is 20.7. The van der Waals surface area contributed by atoms with E-state index in [1.54, 1.807) is 38.1 Å². The molecule has 1 aromatic carbocycles. The van der Waals surface area contributed by atoms with Crippen LogP contribution < -0.4 is 33.2 Å². The fraction of sp³-hybridized carbons (Fsp3) is 0.542. The Kier molecular flexibility index (Phi) is 13.1. The first-order valence-corrected chi connectivity index (χ1v) is 11.9. The van der Waals surface area contributed by atoms with Gasteiger partial charge >= 0.3 is 5.97 Å². The summed E-state index contributed by atoms with van der Waals surface area (Å²) in [5.41, 5.74) is 17.3. The Morgan fingerprint density at radius 2 is 1.50 bits per heavy atom. The monoisotopic (exact) mass is 506 g/mol. The molecule has 0 aliphatic rings. The highest BCUT2D eigenvalue weighted by atomic mass is 16.4. The molecule has 1 aromatic rings. The van der Waals surface area contributed by atoms with Crippen molar-refractivity contribution < 1.29 is 29.1 Å². The third kappa shape index (κ3) is 10.8. The fourth-order valence-corrected chi connectivity index (χ4v) is 3.43. The standard InChI is InChI=1S/C24H38N6O6/c1-14(2)20(23(34)29-18(24(35)36)13-19(27)31)30-22(33)17(12-15-8-4-3-5-9-15)28-21(32)16(26)10-6-7-11-25/h3-5,8-9,14,16-18,20H,6-7,10-13,25-26H2,1-2H3,(H2,27,31)(H,28,32)(H,29,34)(H,30,33)(H,35,36). The van der Waals surface area contributed by atoms with Gasteiger partial charge in [-0.15, -0.1) is 0 Å². The van der Waals surface area contributed by atoms with Crippen LogP contribution in [0.1, 0.15) is 45.1 Å². The fourth-order valence-electron chi connectivity index (χ4n) is 3.43. The maximum atomic E-state index is 13.2. The van der Waals surface area contributed by atoms with Crippen molar-refractivity contribution in [3.05, 3.63) is 35.9 Å². The van der Waals surface area contributed by atoms with E-state index < -0.39 is 66.1 Å². The van der Waals surface area contributed by atoms with Gasteiger partial charge in [0.2, 0.25) is 23.6 Å². The second-order valence-corrected chi connectivity index (χ2v) is 8.94. The van der Waals surface area contributed by atoms with Crippen molar-refractivity contribution >= 4 is 29.6 Å². The van der Waals surface area contributed by atoms with Gasteiger partial charge in [0.1, 0.15) is 18.1 Å². The highest BCUT2D eigenvalue weighted by Crippen LogP contribution is 2.08. The molecule has 4 amide bonds. The quantitative estimate of drug-likeness (QED) is 0.134. The number of hydrogen-bond acceptors (Lipinski definition) is 7. The molecule has 0 fully saturated rings. The van der Waals surface area contributed by atoms with Gasteiger partial charge in [-0.1, -0.05) is 50.6 Å². The number of carboxylic acids is 1. The van der Waals surface area contributed by atoms with Crippen molar-refractivity contribution in [1.82, 2.24) is 16.0 Å². The molecular weight excluding hydrogens is 468 g/mol. The first-order valence-electron chi connectivity index (χ1n) is 11.9. The predicted octanol–water partition coefficient (Wildman–Crippen LogP) is -1.24. The third-order valence-electron chi connectivity index (χ3n) is 5.49. The number of carbonyl (C=O) groups excluding carboxylic acids is 4. The van der Waals surface area contributed by atoms with E-state index in [0.29, 0.717) is 25.8 Å². The van der Waals surface area contributed by atoms with Crippen molar-refractivity contribution in [2.24, 2.45) is 23.1 Å². The van der Waals surface area contributed by atoms with Crippen LogP contribution in [-0.2, 0) is 30.4 Å². The molecule has 1 rings (SSSR count). The molecule has 4 unspecified atom stereocenters. The van der Waals surface area contributed by atoms with E-state index in [2.05, 4.69) is 16.0 Å². The number of carboxylic acid groups (broad SMARTS) is 1. The molecule has 0 spiro atoms. The number of amides is 4. The summed E-state index contributed by atoms with van der Waals surface area (Å²) in [6.45, 7) is 3.80. The average Bonchev–Trinajstić information content (AvgIpc) is 2.81. The van der Waals surface area contributed by atoms with E-state index in [-0.39, 0.29) is 6.42 Å². The molecule has 0 aliphatic heterocycles. The summed E-state index contributed by atoms with van der Waals surface area (Å²) in [5.74, 6) is -4.73. The molecule has 200 valence electrons. The normalized spacial score (nSPS) is 14.2. The lowest BCUT2D eigenvalue weighted by molar-refractivity contribution is -0.144. The van der Waals surface area contributed by atoms with E-state index in [0.717, 1.165) is 5.56 Å². The average molecular weight is 507 g/mol. The van der Waals surface area contributed by atoms with Gasteiger partial charge in [-0.05, 0) is 30.9 Å². The maximum absolute atomic E-state index is 13.2. The van der Waals surface area contributed by atoms with Crippen molar-refractivity contribution in [2.45, 2.75) is 70.1 Å². The Balaban J connectivity index is 3.03. The highest BCUT2D eigenvalue weighted by molar-refractivity contribution is 5.95. The molecule has 0 radical (unpaired) electrons. The Bertz CT molecular complexity index is 894. The van der Waals surface area contributed by atoms with E-state index in [1.165, 1.54) is 0 Å². The summed E-state index contributed by atoms with van der Waals surface area (Å²) < 4.78 is 0. The summed E-state index contributed by atoms with van der Waals surface area (Å²) >= 11 is 0. The van der Waals surface area contributed by atoms with Crippen molar-refractivity contribution in [3.63, 3.8) is 0 Å². The number of unbranched alkanes of at least 4 members (excludes halogenated alkanes) is 1. The maximum Gasteiger partial charge on any atom is 0.326 e. The predicted molar refractivity (Wildman–Crippen MR) is 133 cm³/mol. The molecule has 0 heterocycles. The molecule has 10 N–H and O–H groups in total. The second-order valence-electron chi connectivity index (χ2n) is 8.94. The van der Waals surface area contributed by atoms with Gasteiger partial charge in [-0.2, -0.15) is 0 Å². The van der Waals surface area contributed by atoms with Crippen LogP contribution >= 0.6 is 0 Å². The zero-order valence-corrected chi connectivity index (χ0v) is 20.7. The smallest absolute Gasteiger partial charge is 0.326 e. The molecule has 0 bridgehead atoms. The van der Waals surface area contributed by atoms with Crippen LogP contribution in [0.5, 0.6) is 0 Å². The van der Waals surface area contributed by atoms with Gasteiger partial charge in [0.05, 0.1) is 12.5 Å². The number of hydrogen-bond donors (Lipinski definition) is 7. The summed E-state index contributed by atoms with van der Waals surface area (Å²) in [4.78, 5) is 61.3. The van der Waals surface area contributed by atoms with E-state index in [1.807, 2.05) is 6.07 Å². The molecule has 0 aliphatic carbocycles. The van der Waals surface area contributed by atoms with Gasteiger partial charge in [0.25, 0.3) is 0 Å². The van der Waals surface area contributed by atoms with Crippen LogP contribution in [0.25, 0.3) is 0 Å². The Morgan fingerprint density at radius 3 is 2.03 bits per heavy atom. The first-order chi connectivity index (χ1) is 17.0. The Labute approximate surface area is 210 Å². The summed E-state index contributed by atoms with van der Waals surface area (Å²) in [6.07, 6.45) is 1.31. The second kappa shape index (κ2) is 15.5. The van der Waals surface area contributed by atoms with E-state index in [9.17, 15) is 29.1 Å². The molecule has 36 heavy (non-hydrogen) atoms. The Morgan fingerprint density at radius 1 is 0.889 bits per heavy atom. The molecular formula is C24H38N6O6. The summed E-state index contributed by atoms with van der Waals surface area (Å²) in [7, 11) is 0. The lowest BCUT2D eigenvalue weighted by atomic mass is 10.00. The zero-order chi connectivity index (χ0) is 27.3. The van der Waals surface area contributed by atoms with Gasteiger partial charge in [0.15, 0.2) is 0 Å². The van der Waals surface area contributed by atoms with Crippen LogP contribution in [-0.4, -0.2) is 65.4 Å². The van der Waals surface area contributed by atoms with Crippen LogP contribution in [0.3, 0.4) is 0 Å². The number of carbonyl (C=O) groups is 5. The minimum absolute atomic E-state index is 0.139. The topological polar surface area (TPSA) is 220 Å². The highest BCUT2D eigenvalue weighted by Gasteiger charge is 2.32. The minimum atomic E-state index is -1.54. The lowest BCUT2D eigenvalue weighted by Crippen LogP contribution is -2.59. The van der Waals surface area contributed by atoms with Crippen LogP contribution in [0.2, 0.25) is 0 Å². The lowest BCUT2D eigenvalue weighted by Gasteiger charge is -2.27. The van der Waals surface area contributed by atoms with Crippen LogP contribution in [0.4, 0.5) is 0 Å². The van der Waals surface area contributed by atoms with Gasteiger partial charge in [0, 0.05) is 6.42 Å². The molecule has 0 saturated heterocycles. The largest absolute Gasteiger partial charge is 0.480 e. The van der Waals surface area contributed by atoms with Gasteiger partial charge in [-0.3, -0.25) is 19.2 Å². The van der Waals surface area contributed by atoms with Crippen molar-refractivity contribution in [2.75, 3.05) is 6.54 Å². The molecule has 12 heteroatoms. The van der Waals surface area contributed by atoms with Crippen molar-refractivity contribution in [1.29, 1.82) is 0 Å². The third-order valence-corrected chi connectivity index (χ3v) is 5.49. The van der Waals surface area contributed by atoms with Crippen LogP contribution in [0, 0.1) is 5.92 Å². The molecule has 0 aromatic heterocycles. The number of benzene rings is 1.